The number of carbonyl (C=O) groups is 1. The zero-order valence-electron chi connectivity index (χ0n) is 13.3. The monoisotopic (exact) mass is 315 g/mol. The van der Waals surface area contributed by atoms with Crippen molar-refractivity contribution in [1.29, 1.82) is 0 Å². The highest BCUT2D eigenvalue weighted by Crippen LogP contribution is 2.25. The van der Waals surface area contributed by atoms with Gasteiger partial charge in [0.1, 0.15) is 5.82 Å². The molecule has 0 unspecified atom stereocenters. The molecule has 122 valence electrons. The Morgan fingerprint density at radius 3 is 2.61 bits per heavy atom. The Morgan fingerprint density at radius 1 is 1.17 bits per heavy atom. The highest BCUT2D eigenvalue weighted by atomic mass is 16.5. The van der Waals surface area contributed by atoms with E-state index in [-0.39, 0.29) is 12.5 Å². The van der Waals surface area contributed by atoms with Crippen LogP contribution in [0.5, 0.6) is 11.5 Å². The number of benzene rings is 1. The molecule has 1 aromatic heterocycles. The van der Waals surface area contributed by atoms with Crippen LogP contribution in [0.4, 0.5) is 11.5 Å². The van der Waals surface area contributed by atoms with Gasteiger partial charge < -0.3 is 20.1 Å². The number of amides is 1. The van der Waals surface area contributed by atoms with Crippen LogP contribution >= 0.6 is 0 Å². The van der Waals surface area contributed by atoms with E-state index in [1.54, 1.807) is 31.5 Å². The molecule has 1 amide bonds. The van der Waals surface area contributed by atoms with Gasteiger partial charge in [0.05, 0.1) is 19.0 Å². The highest BCUT2D eigenvalue weighted by Gasteiger charge is 2.07. The number of pyridine rings is 1. The van der Waals surface area contributed by atoms with Gasteiger partial charge in [-0.15, -0.1) is 0 Å². The van der Waals surface area contributed by atoms with Gasteiger partial charge in [0, 0.05) is 6.54 Å². The van der Waals surface area contributed by atoms with Crippen molar-refractivity contribution >= 4 is 17.4 Å². The summed E-state index contributed by atoms with van der Waals surface area (Å²) < 4.78 is 10.6. The molecule has 2 rings (SSSR count). The Morgan fingerprint density at radius 2 is 1.96 bits per heavy atom. The molecule has 2 aromatic rings. The van der Waals surface area contributed by atoms with Gasteiger partial charge in [-0.05, 0) is 30.7 Å². The lowest BCUT2D eigenvalue weighted by Gasteiger charge is -2.10. The van der Waals surface area contributed by atoms with Crippen molar-refractivity contribution in [2.45, 2.75) is 13.3 Å². The molecular formula is C17H21N3O3. The Kier molecular flexibility index (Phi) is 6.23. The summed E-state index contributed by atoms with van der Waals surface area (Å²) >= 11 is 0. The lowest BCUT2D eigenvalue weighted by atomic mass is 10.3. The topological polar surface area (TPSA) is 72.5 Å². The lowest BCUT2D eigenvalue weighted by Crippen LogP contribution is -2.20. The van der Waals surface area contributed by atoms with Gasteiger partial charge in [0.25, 0.3) is 5.91 Å². The van der Waals surface area contributed by atoms with E-state index in [2.05, 4.69) is 22.5 Å². The standard InChI is InChI=1S/C17H21N3O3/c1-3-10-18-13-8-9-16(19-11-13)20-17(21)12-23-15-7-5-4-6-14(15)22-2/h4-9,11,18H,3,10,12H2,1-2H3,(H,19,20,21). The minimum atomic E-state index is -0.280. The second-order valence-electron chi connectivity index (χ2n) is 4.85. The summed E-state index contributed by atoms with van der Waals surface area (Å²) in [5.74, 6) is 1.32. The van der Waals surface area contributed by atoms with Gasteiger partial charge in [0.15, 0.2) is 18.1 Å². The summed E-state index contributed by atoms with van der Waals surface area (Å²) in [7, 11) is 1.56. The third-order valence-corrected chi connectivity index (χ3v) is 3.04. The highest BCUT2D eigenvalue weighted by molar-refractivity contribution is 5.91. The van der Waals surface area contributed by atoms with Crippen LogP contribution in [-0.4, -0.2) is 31.2 Å². The van der Waals surface area contributed by atoms with Gasteiger partial charge in [-0.3, -0.25) is 4.79 Å². The Bertz CT molecular complexity index is 629. The van der Waals surface area contributed by atoms with Crippen LogP contribution in [0.2, 0.25) is 0 Å². The number of nitrogens with one attached hydrogen (secondary N) is 2. The van der Waals surface area contributed by atoms with Crippen molar-refractivity contribution in [3.05, 3.63) is 42.6 Å². The van der Waals surface area contributed by atoms with E-state index in [0.717, 1.165) is 18.7 Å². The summed E-state index contributed by atoms with van der Waals surface area (Å²) in [5.41, 5.74) is 0.926. The molecule has 2 N–H and O–H groups in total. The maximum absolute atomic E-state index is 11.9. The van der Waals surface area contributed by atoms with E-state index in [0.29, 0.717) is 17.3 Å². The van der Waals surface area contributed by atoms with Gasteiger partial charge in [-0.25, -0.2) is 4.98 Å². The van der Waals surface area contributed by atoms with Crippen LogP contribution in [0.3, 0.4) is 0 Å². The predicted molar refractivity (Wildman–Crippen MR) is 90.1 cm³/mol. The SMILES string of the molecule is CCCNc1ccc(NC(=O)COc2ccccc2OC)nc1. The van der Waals surface area contributed by atoms with Gasteiger partial charge in [0.2, 0.25) is 0 Å². The molecular weight excluding hydrogens is 294 g/mol. The van der Waals surface area contributed by atoms with Crippen molar-refractivity contribution in [1.82, 2.24) is 4.98 Å². The number of hydrogen-bond donors (Lipinski definition) is 2. The lowest BCUT2D eigenvalue weighted by molar-refractivity contribution is -0.118. The molecule has 0 bridgehead atoms. The molecule has 23 heavy (non-hydrogen) atoms. The molecule has 0 saturated carbocycles. The first-order valence-corrected chi connectivity index (χ1v) is 7.48. The Balaban J connectivity index is 1.84. The number of aromatic nitrogens is 1. The van der Waals surface area contributed by atoms with Crippen LogP contribution in [0.1, 0.15) is 13.3 Å². The number of nitrogens with zero attached hydrogens (tertiary/aromatic N) is 1. The molecule has 0 saturated heterocycles. The molecule has 0 fully saturated rings. The van der Waals surface area contributed by atoms with Crippen molar-refractivity contribution in [3.8, 4) is 11.5 Å². The molecule has 0 spiro atoms. The second kappa shape index (κ2) is 8.63. The Hall–Kier alpha value is -2.76. The third kappa shape index (κ3) is 5.18. The maximum atomic E-state index is 11.9. The average Bonchev–Trinajstić information content (AvgIpc) is 2.59. The fraction of sp³-hybridized carbons (Fsp3) is 0.294. The smallest absolute Gasteiger partial charge is 0.263 e. The normalized spacial score (nSPS) is 10.0. The number of rotatable bonds is 8. The van der Waals surface area contributed by atoms with Crippen molar-refractivity contribution in [3.63, 3.8) is 0 Å². The number of methoxy groups -OCH3 is 1. The van der Waals surface area contributed by atoms with Crippen molar-refractivity contribution < 1.29 is 14.3 Å². The fourth-order valence-electron chi connectivity index (χ4n) is 1.90. The van der Waals surface area contributed by atoms with E-state index in [1.807, 2.05) is 18.2 Å². The number of carbonyl (C=O) groups excluding carboxylic acids is 1. The van der Waals surface area contributed by atoms with E-state index < -0.39 is 0 Å². The maximum Gasteiger partial charge on any atom is 0.263 e. The molecule has 0 aliphatic heterocycles. The van der Waals surface area contributed by atoms with Crippen molar-refractivity contribution in [2.24, 2.45) is 0 Å². The minimum Gasteiger partial charge on any atom is -0.493 e. The first-order chi connectivity index (χ1) is 11.2. The third-order valence-electron chi connectivity index (χ3n) is 3.04. The van der Waals surface area contributed by atoms with E-state index in [9.17, 15) is 4.79 Å². The van der Waals surface area contributed by atoms with E-state index in [1.165, 1.54) is 0 Å². The van der Waals surface area contributed by atoms with E-state index >= 15 is 0 Å². The van der Waals surface area contributed by atoms with Gasteiger partial charge >= 0.3 is 0 Å². The largest absolute Gasteiger partial charge is 0.493 e. The molecule has 1 heterocycles. The summed E-state index contributed by atoms with van der Waals surface area (Å²) in [6.45, 7) is 2.87. The fourth-order valence-corrected chi connectivity index (χ4v) is 1.90. The molecule has 6 heteroatoms. The number of anilines is 2. The van der Waals surface area contributed by atoms with Crippen LogP contribution in [0.25, 0.3) is 0 Å². The van der Waals surface area contributed by atoms with Gasteiger partial charge in [-0.1, -0.05) is 19.1 Å². The molecule has 0 aliphatic carbocycles. The molecule has 0 atom stereocenters. The first-order valence-electron chi connectivity index (χ1n) is 7.48. The molecule has 6 nitrogen and oxygen atoms in total. The number of hydrogen-bond acceptors (Lipinski definition) is 5. The molecule has 0 aliphatic rings. The van der Waals surface area contributed by atoms with Gasteiger partial charge in [-0.2, -0.15) is 0 Å². The average molecular weight is 315 g/mol. The predicted octanol–water partition coefficient (Wildman–Crippen LogP) is 2.93. The van der Waals surface area contributed by atoms with Crippen molar-refractivity contribution in [2.75, 3.05) is 30.9 Å². The summed E-state index contributed by atoms with van der Waals surface area (Å²) in [6.07, 6.45) is 2.73. The summed E-state index contributed by atoms with van der Waals surface area (Å²) in [6, 6.07) is 10.8. The quantitative estimate of drug-likeness (QED) is 0.783. The summed E-state index contributed by atoms with van der Waals surface area (Å²) in [4.78, 5) is 16.1. The molecule has 1 aromatic carbocycles. The van der Waals surface area contributed by atoms with Crippen LogP contribution in [-0.2, 0) is 4.79 Å². The minimum absolute atomic E-state index is 0.113. The van der Waals surface area contributed by atoms with Crippen LogP contribution in [0.15, 0.2) is 42.6 Å². The summed E-state index contributed by atoms with van der Waals surface area (Å²) in [5, 5.41) is 5.91. The van der Waals surface area contributed by atoms with Crippen LogP contribution in [0, 0.1) is 0 Å². The second-order valence-corrected chi connectivity index (χ2v) is 4.85. The Labute approximate surface area is 135 Å². The number of ether oxygens (including phenoxy) is 2. The van der Waals surface area contributed by atoms with Crippen LogP contribution < -0.4 is 20.1 Å². The molecule has 0 radical (unpaired) electrons. The van der Waals surface area contributed by atoms with E-state index in [4.69, 9.17) is 9.47 Å². The first kappa shape index (κ1) is 16.6. The zero-order valence-corrected chi connectivity index (χ0v) is 13.3. The number of para-hydroxylation sites is 2. The zero-order chi connectivity index (χ0) is 16.5.